The number of carboxylic acid groups (broad SMARTS) is 1. The fraction of sp³-hybridized carbons (Fsp3) is 0.345. The Morgan fingerprint density at radius 1 is 0.911 bits per heavy atom. The van der Waals surface area contributed by atoms with Crippen LogP contribution >= 0.6 is 30.3 Å². The normalized spacial score (nSPS) is 12.1. The number of methoxy groups -OCH3 is 1. The number of Topliss-reactive ketones (excluding diaryl/α,β-unsaturated/α-hetero) is 2. The predicted molar refractivity (Wildman–Crippen MR) is 165 cm³/mol. The van der Waals surface area contributed by atoms with Crippen LogP contribution < -0.4 is 19.9 Å². The lowest BCUT2D eigenvalue weighted by Crippen LogP contribution is -2.26. The lowest BCUT2D eigenvalue weighted by Gasteiger charge is -2.16. The van der Waals surface area contributed by atoms with Crippen LogP contribution in [0, 0.1) is 17.0 Å². The maximum Gasteiger partial charge on any atom is 0.333 e. The molecule has 0 aliphatic heterocycles. The number of benzene rings is 2. The van der Waals surface area contributed by atoms with E-state index in [0.29, 0.717) is 15.0 Å². The van der Waals surface area contributed by atoms with Gasteiger partial charge in [0.05, 0.1) is 35.5 Å². The van der Waals surface area contributed by atoms with Crippen LogP contribution in [0.2, 0.25) is 0 Å². The summed E-state index contributed by atoms with van der Waals surface area (Å²) in [5, 5.41) is 9.49. The van der Waals surface area contributed by atoms with E-state index in [9.17, 15) is 24.1 Å². The monoisotopic (exact) mass is 685 g/mol. The highest BCUT2D eigenvalue weighted by Crippen LogP contribution is 2.42. The van der Waals surface area contributed by atoms with Gasteiger partial charge in [0.1, 0.15) is 6.16 Å². The fourth-order valence-electron chi connectivity index (χ4n) is 4.38. The first kappa shape index (κ1) is 34.4. The van der Waals surface area contributed by atoms with E-state index in [1.165, 1.54) is 39.2 Å². The molecule has 2 aromatic heterocycles. The molecule has 0 aliphatic carbocycles. The highest BCUT2D eigenvalue weighted by atomic mass is 32.1. The summed E-state index contributed by atoms with van der Waals surface area (Å²) in [5.74, 6) is -4.19. The van der Waals surface area contributed by atoms with Crippen LogP contribution in [0.1, 0.15) is 51.6 Å². The summed E-state index contributed by atoms with van der Waals surface area (Å²) in [6, 6.07) is 5.63. The molecule has 0 radical (unpaired) electrons. The van der Waals surface area contributed by atoms with E-state index in [4.69, 9.17) is 29.7 Å². The van der Waals surface area contributed by atoms with Gasteiger partial charge in [0.25, 0.3) is 0 Å². The van der Waals surface area contributed by atoms with Gasteiger partial charge < -0.3 is 34.8 Å². The zero-order valence-electron chi connectivity index (χ0n) is 24.3. The lowest BCUT2D eigenvalue weighted by atomic mass is 9.87. The summed E-state index contributed by atoms with van der Waals surface area (Å²) >= 11 is 1.90. The number of halogens is 2. The first-order valence-corrected chi connectivity index (χ1v) is 16.8. The number of thiophene rings is 2. The Morgan fingerprint density at radius 2 is 1.44 bits per heavy atom. The summed E-state index contributed by atoms with van der Waals surface area (Å²) in [7, 11) is -3.27. The summed E-state index contributed by atoms with van der Waals surface area (Å²) in [6.07, 6.45) is -1.09. The van der Waals surface area contributed by atoms with Gasteiger partial charge in [-0.25, -0.2) is 8.78 Å². The number of ketones is 2. The van der Waals surface area contributed by atoms with Gasteiger partial charge in [-0.3, -0.25) is 18.9 Å². The smallest absolute Gasteiger partial charge is 0.333 e. The van der Waals surface area contributed by atoms with Crippen LogP contribution in [-0.2, 0) is 15.9 Å². The van der Waals surface area contributed by atoms with Crippen molar-refractivity contribution < 1.29 is 56.8 Å². The molecule has 0 atom stereocenters. The van der Waals surface area contributed by atoms with E-state index in [-0.39, 0.29) is 70.4 Å². The third kappa shape index (κ3) is 7.68. The number of ether oxygens (including phenoxy) is 3. The summed E-state index contributed by atoms with van der Waals surface area (Å²) < 4.78 is 59.5. The van der Waals surface area contributed by atoms with Crippen molar-refractivity contribution in [1.29, 1.82) is 0 Å². The summed E-state index contributed by atoms with van der Waals surface area (Å²) in [5.41, 5.74) is 4.80. The average Bonchev–Trinajstić information content (AvgIpc) is 3.58. The summed E-state index contributed by atoms with van der Waals surface area (Å²) in [4.78, 5) is 54.8. The molecular weight excluding hydrogens is 655 g/mol. The third-order valence-corrected chi connectivity index (χ3v) is 9.72. The van der Waals surface area contributed by atoms with E-state index in [1.807, 2.05) is 0 Å². The van der Waals surface area contributed by atoms with Crippen molar-refractivity contribution in [3.8, 4) is 17.2 Å². The van der Waals surface area contributed by atoms with Crippen molar-refractivity contribution in [1.82, 2.24) is 0 Å². The molecule has 4 rings (SSSR count). The minimum atomic E-state index is -4.60. The quantitative estimate of drug-likeness (QED) is 0.0679. The number of carbonyl (C=O) groups excluding carboxylic acids is 2. The van der Waals surface area contributed by atoms with Crippen LogP contribution in [0.25, 0.3) is 20.2 Å². The Kier molecular flexibility index (Phi) is 10.3. The molecule has 16 heteroatoms. The Hall–Kier alpha value is -3.46. The largest absolute Gasteiger partial charge is 0.493 e. The van der Waals surface area contributed by atoms with Gasteiger partial charge in [-0.2, -0.15) is 0 Å². The predicted octanol–water partition coefficient (Wildman–Crippen LogP) is 5.75. The maximum atomic E-state index is 15.5. The maximum absolute atomic E-state index is 15.5. The molecule has 0 saturated heterocycles. The van der Waals surface area contributed by atoms with E-state index >= 15 is 8.78 Å². The van der Waals surface area contributed by atoms with Crippen molar-refractivity contribution >= 4 is 68.0 Å². The molecule has 0 spiro atoms. The van der Waals surface area contributed by atoms with E-state index in [0.717, 1.165) is 22.7 Å². The second-order valence-corrected chi connectivity index (χ2v) is 14.5. The number of hydrogen-bond acceptors (Lipinski definition) is 10. The highest BCUT2D eigenvalue weighted by Gasteiger charge is 2.32. The zero-order chi connectivity index (χ0) is 33.3. The minimum Gasteiger partial charge on any atom is -0.493 e. The molecule has 11 nitrogen and oxygen atoms in total. The number of carboxylic acids is 1. The van der Waals surface area contributed by atoms with Crippen molar-refractivity contribution in [2.24, 2.45) is 11.1 Å². The molecule has 0 bridgehead atoms. The van der Waals surface area contributed by atoms with Gasteiger partial charge >= 0.3 is 13.6 Å². The molecule has 0 saturated carbocycles. The number of hydrogen-bond donors (Lipinski definition) is 4. The molecule has 0 amide bonds. The van der Waals surface area contributed by atoms with Gasteiger partial charge in [0.2, 0.25) is 0 Å². The van der Waals surface area contributed by atoms with Gasteiger partial charge in [0, 0.05) is 51.2 Å². The Labute approximate surface area is 263 Å². The molecule has 4 aromatic rings. The number of rotatable bonds is 15. The second-order valence-electron chi connectivity index (χ2n) is 10.7. The van der Waals surface area contributed by atoms with Gasteiger partial charge in [0.15, 0.2) is 40.4 Å². The Bertz CT molecular complexity index is 1850. The van der Waals surface area contributed by atoms with Gasteiger partial charge in [-0.05, 0) is 32.0 Å². The average molecular weight is 686 g/mol. The number of aliphatic carboxylic acids is 1. The summed E-state index contributed by atoms with van der Waals surface area (Å²) in [6.45, 7) is 2.64. The van der Waals surface area contributed by atoms with Crippen LogP contribution in [0.3, 0.4) is 0 Å². The molecule has 0 unspecified atom stereocenters. The second kappa shape index (κ2) is 13.5. The Balaban J connectivity index is 1.46. The molecule has 2 aromatic carbocycles. The zero-order valence-corrected chi connectivity index (χ0v) is 26.9. The number of fused-ring (bicyclic) bond motifs is 2. The first-order valence-electron chi connectivity index (χ1n) is 13.4. The molecule has 242 valence electrons. The minimum absolute atomic E-state index is 0.0140. The molecule has 0 fully saturated rings. The van der Waals surface area contributed by atoms with Gasteiger partial charge in [-0.1, -0.05) is 0 Å². The van der Waals surface area contributed by atoms with Crippen LogP contribution in [0.5, 0.6) is 17.2 Å². The number of nitrogens with two attached hydrogens (primary N) is 1. The van der Waals surface area contributed by atoms with E-state index < -0.39 is 48.3 Å². The topological polar surface area (TPSA) is 183 Å². The lowest BCUT2D eigenvalue weighted by molar-refractivity contribution is -0.146. The van der Waals surface area contributed by atoms with Crippen LogP contribution in [0.15, 0.2) is 24.3 Å². The molecule has 2 heterocycles. The SMILES string of the molecule is COc1cc2sc(C(=O)CC(C)(C)C(=O)O)cc2c(F)c1OCCCOc1c(CN)cc2sc(C(=O)CP(=O)(O)O)cc2c1F. The van der Waals surface area contributed by atoms with Gasteiger partial charge in [-0.15, -0.1) is 22.7 Å². The molecule has 0 aliphatic rings. The molecule has 5 N–H and O–H groups in total. The third-order valence-electron chi connectivity index (χ3n) is 6.78. The van der Waals surface area contributed by atoms with E-state index in [1.54, 1.807) is 6.07 Å². The van der Waals surface area contributed by atoms with Crippen LogP contribution in [0.4, 0.5) is 8.78 Å². The highest BCUT2D eigenvalue weighted by molar-refractivity contribution is 7.53. The van der Waals surface area contributed by atoms with Crippen LogP contribution in [-0.4, -0.2) is 58.9 Å². The van der Waals surface area contributed by atoms with Crippen molar-refractivity contribution in [2.75, 3.05) is 26.5 Å². The van der Waals surface area contributed by atoms with Crippen molar-refractivity contribution in [3.63, 3.8) is 0 Å². The van der Waals surface area contributed by atoms with Crippen molar-refractivity contribution in [2.45, 2.75) is 33.2 Å². The Morgan fingerprint density at radius 3 is 1.98 bits per heavy atom. The van der Waals surface area contributed by atoms with E-state index in [2.05, 4.69) is 0 Å². The fourth-order valence-corrected chi connectivity index (χ4v) is 7.11. The molecule has 45 heavy (non-hydrogen) atoms. The first-order chi connectivity index (χ1) is 21.1. The standard InChI is InChI=1S/C29H30F2NO10PS2/c1-29(2,28(35)36)11-17(33)22-8-16-21(45-22)10-19(40-3)27(25(16)31)42-6-4-5-41-26-14(12-32)7-20-15(24(26)30)9-23(44-20)18(34)13-43(37,38)39/h7-10H,4-6,11-13,32H2,1-3H3,(H,35,36)(H2,37,38,39). The van der Waals surface area contributed by atoms with Crippen molar-refractivity contribution in [3.05, 3.63) is 51.2 Å². The molecular formula is C29H30F2NO10PS2. The number of carbonyl (C=O) groups is 3.